The second kappa shape index (κ2) is 21.9. The van der Waals surface area contributed by atoms with E-state index in [-0.39, 0.29) is 43.4 Å². The second-order valence-electron chi connectivity index (χ2n) is 21.8. The van der Waals surface area contributed by atoms with Crippen molar-refractivity contribution in [3.63, 3.8) is 0 Å². The molecule has 8 rings (SSSR count). The lowest BCUT2D eigenvalue weighted by Gasteiger charge is -2.37. The average Bonchev–Trinajstić information content (AvgIpc) is 3.99. The van der Waals surface area contributed by atoms with Crippen LogP contribution in [0, 0.1) is 23.2 Å². The van der Waals surface area contributed by atoms with Gasteiger partial charge in [-0.15, -0.1) is 0 Å². The van der Waals surface area contributed by atoms with Crippen LogP contribution in [0.2, 0.25) is 0 Å². The lowest BCUT2D eigenvalue weighted by molar-refractivity contribution is -0.155. The Morgan fingerprint density at radius 2 is 1.82 bits per heavy atom. The molecule has 4 aliphatic rings. The summed E-state index contributed by atoms with van der Waals surface area (Å²) in [5, 5.41) is 5.62. The number of carbonyl (C=O) groups is 5. The molecule has 384 valence electrons. The van der Waals surface area contributed by atoms with Crippen molar-refractivity contribution in [2.75, 3.05) is 40.4 Å². The minimum atomic E-state index is -1.05. The number of pyridine rings is 1. The van der Waals surface area contributed by atoms with Crippen LogP contribution in [0.25, 0.3) is 38.9 Å². The molecule has 2 aromatic carbocycles. The van der Waals surface area contributed by atoms with Gasteiger partial charge in [-0.05, 0) is 128 Å². The maximum absolute atomic E-state index is 14.8. The summed E-state index contributed by atoms with van der Waals surface area (Å²) < 4.78 is 14.6. The number of likely N-dealkylation sites (tertiary alicyclic amines) is 1. The van der Waals surface area contributed by atoms with E-state index in [1.165, 1.54) is 21.6 Å². The highest BCUT2D eigenvalue weighted by Crippen LogP contribution is 2.43. The van der Waals surface area contributed by atoms with E-state index in [4.69, 9.17) is 14.5 Å². The highest BCUT2D eigenvalue weighted by Gasteiger charge is 2.40. The number of nitrogens with zero attached hydrogens (tertiary/aromatic N) is 5. The molecule has 2 N–H and O–H groups in total. The number of hydrazine groups is 1. The summed E-state index contributed by atoms with van der Waals surface area (Å²) in [6.45, 7) is 19.9. The molecule has 4 aromatic rings. The number of hydrogen-bond acceptors (Lipinski definition) is 9. The molecule has 5 heterocycles. The summed E-state index contributed by atoms with van der Waals surface area (Å²) >= 11 is 0. The minimum absolute atomic E-state index is 0.133. The van der Waals surface area contributed by atoms with Gasteiger partial charge in [-0.3, -0.25) is 34.0 Å². The van der Waals surface area contributed by atoms with Gasteiger partial charge in [0.2, 0.25) is 17.7 Å². The third-order valence-corrected chi connectivity index (χ3v) is 15.4. The van der Waals surface area contributed by atoms with E-state index in [9.17, 15) is 24.0 Å². The summed E-state index contributed by atoms with van der Waals surface area (Å²) in [5.41, 5.74) is 13.0. The van der Waals surface area contributed by atoms with Gasteiger partial charge in [0.05, 0.1) is 30.0 Å². The van der Waals surface area contributed by atoms with Gasteiger partial charge in [-0.2, -0.15) is 0 Å². The highest BCUT2D eigenvalue weighted by atomic mass is 16.5. The van der Waals surface area contributed by atoms with E-state index >= 15 is 0 Å². The van der Waals surface area contributed by atoms with Gasteiger partial charge in [0.25, 0.3) is 5.91 Å². The molecule has 4 amide bonds. The van der Waals surface area contributed by atoms with E-state index in [1.807, 2.05) is 39.1 Å². The van der Waals surface area contributed by atoms with E-state index in [1.54, 1.807) is 19.1 Å². The summed E-state index contributed by atoms with van der Waals surface area (Å²) in [5.74, 6) is -1.91. The molecule has 1 aliphatic carbocycles. The Morgan fingerprint density at radius 3 is 2.53 bits per heavy atom. The summed E-state index contributed by atoms with van der Waals surface area (Å²) in [4.78, 5) is 78.1. The molecule has 1 unspecified atom stereocenters. The lowest BCUT2D eigenvalue weighted by atomic mass is 9.83. The molecular weight excluding hydrogens is 907 g/mol. The minimum Gasteiger partial charge on any atom is -0.464 e. The van der Waals surface area contributed by atoms with Crippen molar-refractivity contribution >= 4 is 46.1 Å². The van der Waals surface area contributed by atoms with Crippen molar-refractivity contribution in [1.82, 2.24) is 35.1 Å². The first-order valence-corrected chi connectivity index (χ1v) is 26.1. The fourth-order valence-corrected chi connectivity index (χ4v) is 11.3. The first-order valence-electron chi connectivity index (χ1n) is 26.1. The number of rotatable bonds is 11. The van der Waals surface area contributed by atoms with Crippen LogP contribution in [0.3, 0.4) is 0 Å². The first kappa shape index (κ1) is 52.2. The Balaban J connectivity index is 1.21. The molecule has 14 nitrogen and oxygen atoms in total. The predicted octanol–water partition coefficient (Wildman–Crippen LogP) is 8.47. The predicted molar refractivity (Wildman–Crippen MR) is 281 cm³/mol. The zero-order valence-electron chi connectivity index (χ0n) is 43.9. The second-order valence-corrected chi connectivity index (χ2v) is 21.8. The number of fused-ring (bicyclic) bond motifs is 6. The number of hydrogen-bond donors (Lipinski definition) is 2. The van der Waals surface area contributed by atoms with E-state index < -0.39 is 47.2 Å². The number of benzene rings is 2. The maximum atomic E-state index is 14.8. The SMILES string of the molecule is C=CC(=O)N1CC[C@H](C(=O)N(C)[C@H](C(=O)N[C@H]2Cc3cccc(c3)-c3ccc4c(c3)c(c(-c3cc(C5=CCC(C)CC5)cnc3[C@H](C)OC)n4CC)CC(C)(C)COC(=O)[C@@H]3CCCN(N3)C2=O)C(C)C)C1. The molecule has 3 aliphatic heterocycles. The standard InChI is InChI=1S/C58H75N7O7/c1-11-50(66)63-26-24-42(33-63)55(68)62(9)52(35(3)4)54(67)60-48-28-38-15-13-16-40(27-38)41-22-23-49-44(29-41)46(31-58(7,8)34-72-57(70)47-17-14-25-65(61-47)56(48)69)53(64(49)12-2)45-30-43(32-59-51(45)37(6)71-10)39-20-18-36(5)19-21-39/h11,13,15-16,20,22-23,27,29-30,32,35-37,42,47-48,52,61H,1,12,14,17-19,21,24-26,28,31,33-34H2,2-10H3,(H,60,67)/t36?,37-,42-,47-,48-,52-/m0/s1. The highest BCUT2D eigenvalue weighted by molar-refractivity contribution is 5.96. The van der Waals surface area contributed by atoms with Crippen LogP contribution < -0.4 is 10.7 Å². The fraction of sp³-hybridized carbons (Fsp3) is 0.517. The number of ether oxygens (including phenoxy) is 2. The summed E-state index contributed by atoms with van der Waals surface area (Å²) in [6, 6.07) is 14.3. The average molecular weight is 982 g/mol. The van der Waals surface area contributed by atoms with E-state index in [0.717, 1.165) is 74.9 Å². The molecule has 0 saturated carbocycles. The molecule has 2 aromatic heterocycles. The van der Waals surface area contributed by atoms with Crippen LogP contribution in [0.5, 0.6) is 0 Å². The van der Waals surface area contributed by atoms with Crippen LogP contribution in [-0.2, 0) is 52.8 Å². The van der Waals surface area contributed by atoms with Crippen molar-refractivity contribution in [3.8, 4) is 22.4 Å². The maximum Gasteiger partial charge on any atom is 0.324 e. The number of methoxy groups -OCH3 is 1. The van der Waals surface area contributed by atoms with Gasteiger partial charge in [-0.1, -0.05) is 77.6 Å². The van der Waals surface area contributed by atoms with Crippen LogP contribution in [0.15, 0.2) is 73.5 Å². The van der Waals surface area contributed by atoms with Crippen LogP contribution in [0.1, 0.15) is 115 Å². The molecule has 2 fully saturated rings. The monoisotopic (exact) mass is 982 g/mol. The Labute approximate surface area is 425 Å². The van der Waals surface area contributed by atoms with Crippen molar-refractivity contribution in [1.29, 1.82) is 0 Å². The zero-order valence-corrected chi connectivity index (χ0v) is 43.9. The number of carbonyl (C=O) groups excluding carboxylic acids is 5. The number of aryl methyl sites for hydroxylation is 1. The van der Waals surface area contributed by atoms with Gasteiger partial charge < -0.3 is 29.2 Å². The van der Waals surface area contributed by atoms with Gasteiger partial charge in [-0.25, -0.2) is 5.43 Å². The van der Waals surface area contributed by atoms with Crippen LogP contribution >= 0.6 is 0 Å². The van der Waals surface area contributed by atoms with Crippen molar-refractivity contribution in [3.05, 3.63) is 95.8 Å². The number of allylic oxidation sites excluding steroid dienone is 2. The molecule has 14 heteroatoms. The van der Waals surface area contributed by atoms with Gasteiger partial charge in [0.15, 0.2) is 0 Å². The third-order valence-electron chi connectivity index (χ3n) is 15.4. The summed E-state index contributed by atoms with van der Waals surface area (Å²) in [7, 11) is 3.34. The molecule has 6 bridgehead atoms. The van der Waals surface area contributed by atoms with Gasteiger partial charge >= 0.3 is 5.97 Å². The van der Waals surface area contributed by atoms with Crippen molar-refractivity contribution < 1.29 is 33.4 Å². The number of nitrogens with one attached hydrogen (secondary N) is 2. The normalized spacial score (nSPS) is 22.4. The van der Waals surface area contributed by atoms with Gasteiger partial charge in [0.1, 0.15) is 18.1 Å². The Hall–Kier alpha value is -6.12. The van der Waals surface area contributed by atoms with E-state index in [0.29, 0.717) is 51.2 Å². The molecular formula is C58H75N7O7. The quantitative estimate of drug-likeness (QED) is 0.111. The largest absolute Gasteiger partial charge is 0.464 e. The smallest absolute Gasteiger partial charge is 0.324 e. The fourth-order valence-electron chi connectivity index (χ4n) is 11.3. The van der Waals surface area contributed by atoms with Crippen molar-refractivity contribution in [2.24, 2.45) is 23.2 Å². The number of aromatic nitrogens is 2. The molecule has 72 heavy (non-hydrogen) atoms. The number of esters is 1. The lowest BCUT2D eigenvalue weighted by Crippen LogP contribution is -2.62. The van der Waals surface area contributed by atoms with Crippen molar-refractivity contribution in [2.45, 2.75) is 131 Å². The Morgan fingerprint density at radius 1 is 1.04 bits per heavy atom. The Bertz CT molecular complexity index is 2760. The first-order chi connectivity index (χ1) is 34.4. The third kappa shape index (κ3) is 10.9. The topological polar surface area (TPSA) is 155 Å². The number of cyclic esters (lactones) is 1. The molecule has 6 atom stereocenters. The van der Waals surface area contributed by atoms with E-state index in [2.05, 4.69) is 92.1 Å². The molecule has 0 radical (unpaired) electrons. The summed E-state index contributed by atoms with van der Waals surface area (Å²) in [6.07, 6.45) is 10.7. The van der Waals surface area contributed by atoms with Crippen LogP contribution in [0.4, 0.5) is 0 Å². The Kier molecular flexibility index (Phi) is 15.9. The van der Waals surface area contributed by atoms with Gasteiger partial charge in [0, 0.05) is 74.8 Å². The van der Waals surface area contributed by atoms with Crippen LogP contribution in [-0.4, -0.2) is 112 Å². The number of likely N-dealkylation sites (N-methyl/N-ethyl adjacent to an activating group) is 1. The zero-order chi connectivity index (χ0) is 51.6. The number of amides is 4. The molecule has 0 spiro atoms. The molecule has 2 saturated heterocycles.